The Morgan fingerprint density at radius 2 is 1.93 bits per heavy atom. The van der Waals surface area contributed by atoms with Crippen molar-refractivity contribution in [2.75, 3.05) is 44.7 Å². The normalized spacial score (nSPS) is 22.6. The molecule has 0 radical (unpaired) electrons. The van der Waals surface area contributed by atoms with E-state index in [4.69, 9.17) is 21.1 Å². The van der Waals surface area contributed by atoms with Crippen LogP contribution < -0.4 is 32.5 Å². The van der Waals surface area contributed by atoms with Crippen LogP contribution in [0.5, 0.6) is 5.75 Å². The fraction of sp³-hybridized carbons (Fsp3) is 0.619. The van der Waals surface area contributed by atoms with Crippen LogP contribution in [0.1, 0.15) is 32.2 Å². The predicted molar refractivity (Wildman–Crippen MR) is 117 cm³/mol. The average Bonchev–Trinajstić information content (AvgIpc) is 3.50. The minimum atomic E-state index is -0.508. The lowest BCUT2D eigenvalue weighted by molar-refractivity contribution is 0.176. The summed E-state index contributed by atoms with van der Waals surface area (Å²) < 4.78 is 13.3. The highest BCUT2D eigenvalue weighted by molar-refractivity contribution is 5.90. The first-order valence-corrected chi connectivity index (χ1v) is 10.5. The Balaban J connectivity index is 1.80. The first-order valence-electron chi connectivity index (χ1n) is 10.5. The lowest BCUT2D eigenvalue weighted by atomic mass is 9.89. The maximum Gasteiger partial charge on any atom is 0.350 e. The van der Waals surface area contributed by atoms with Crippen LogP contribution in [0.4, 0.5) is 5.69 Å². The Morgan fingerprint density at radius 3 is 2.57 bits per heavy atom. The van der Waals surface area contributed by atoms with Gasteiger partial charge in [-0.15, -0.1) is 0 Å². The van der Waals surface area contributed by atoms with Crippen LogP contribution in [0, 0.1) is 11.8 Å². The van der Waals surface area contributed by atoms with E-state index in [2.05, 4.69) is 11.8 Å². The SMILES string of the molecule is COCC[C@H](N)[C@H]1CN(c2ccc3c(=O)n(N)c(=O)n(C4CC4)c3c2OC)C[C@H]1C. The van der Waals surface area contributed by atoms with Gasteiger partial charge in [0.1, 0.15) is 5.52 Å². The molecule has 1 aromatic carbocycles. The van der Waals surface area contributed by atoms with E-state index in [1.54, 1.807) is 24.9 Å². The van der Waals surface area contributed by atoms with Gasteiger partial charge in [-0.2, -0.15) is 4.68 Å². The van der Waals surface area contributed by atoms with Crippen LogP contribution in [0.25, 0.3) is 10.9 Å². The highest BCUT2D eigenvalue weighted by Crippen LogP contribution is 2.42. The van der Waals surface area contributed by atoms with Gasteiger partial charge in [0.2, 0.25) is 0 Å². The van der Waals surface area contributed by atoms with E-state index in [0.717, 1.165) is 38.0 Å². The van der Waals surface area contributed by atoms with Crippen LogP contribution in [0.2, 0.25) is 0 Å². The van der Waals surface area contributed by atoms with Gasteiger partial charge in [-0.25, -0.2) is 4.79 Å². The number of hydrogen-bond acceptors (Lipinski definition) is 7. The van der Waals surface area contributed by atoms with E-state index in [1.807, 2.05) is 6.07 Å². The molecule has 1 aliphatic carbocycles. The van der Waals surface area contributed by atoms with Crippen LogP contribution >= 0.6 is 0 Å². The molecule has 9 heteroatoms. The standard InChI is InChI=1S/C21H31N5O4/c1-12-10-24(11-15(12)16(22)8-9-29-2)17-7-6-14-18(19(17)30-3)25(13-4-5-13)21(28)26(23)20(14)27/h6-7,12-13,15-16H,4-5,8-11,22-23H2,1-3H3/t12-,15+,16+/m1/s1. The zero-order valence-corrected chi connectivity index (χ0v) is 17.8. The van der Waals surface area contributed by atoms with Crippen molar-refractivity contribution >= 4 is 16.6 Å². The molecular weight excluding hydrogens is 386 g/mol. The molecule has 1 aliphatic heterocycles. The lowest BCUT2D eigenvalue weighted by Gasteiger charge is -2.25. The van der Waals surface area contributed by atoms with Gasteiger partial charge in [0.25, 0.3) is 5.56 Å². The highest BCUT2D eigenvalue weighted by Gasteiger charge is 2.36. The molecule has 2 fully saturated rings. The van der Waals surface area contributed by atoms with Crippen molar-refractivity contribution < 1.29 is 9.47 Å². The zero-order chi connectivity index (χ0) is 21.6. The van der Waals surface area contributed by atoms with Crippen molar-refractivity contribution in [2.45, 2.75) is 38.3 Å². The maximum absolute atomic E-state index is 12.8. The lowest BCUT2D eigenvalue weighted by Crippen LogP contribution is -2.44. The number of hydrogen-bond donors (Lipinski definition) is 2. The number of methoxy groups -OCH3 is 2. The summed E-state index contributed by atoms with van der Waals surface area (Å²) in [6, 6.07) is 3.73. The first kappa shape index (κ1) is 20.7. The van der Waals surface area contributed by atoms with Crippen LogP contribution in [0.15, 0.2) is 21.7 Å². The molecule has 3 atom stereocenters. The zero-order valence-electron chi connectivity index (χ0n) is 17.8. The molecule has 0 unspecified atom stereocenters. The second-order valence-corrected chi connectivity index (χ2v) is 8.56. The van der Waals surface area contributed by atoms with Gasteiger partial charge < -0.3 is 25.9 Å². The largest absolute Gasteiger partial charge is 0.492 e. The van der Waals surface area contributed by atoms with Gasteiger partial charge in [-0.3, -0.25) is 9.36 Å². The summed E-state index contributed by atoms with van der Waals surface area (Å²) in [5.74, 6) is 7.04. The molecule has 2 aliphatic rings. The van der Waals surface area contributed by atoms with Crippen molar-refractivity contribution in [3.63, 3.8) is 0 Å². The van der Waals surface area contributed by atoms with E-state index in [9.17, 15) is 9.59 Å². The van der Waals surface area contributed by atoms with Gasteiger partial charge in [-0.05, 0) is 43.2 Å². The molecule has 0 bridgehead atoms. The number of aromatic nitrogens is 2. The number of ether oxygens (including phenoxy) is 2. The Hall–Kier alpha value is -2.52. The summed E-state index contributed by atoms with van der Waals surface area (Å²) in [5.41, 5.74) is 6.85. The molecule has 4 N–H and O–H groups in total. The Labute approximate surface area is 175 Å². The molecular formula is C21H31N5O4. The van der Waals surface area contributed by atoms with Gasteiger partial charge in [0.15, 0.2) is 5.75 Å². The quantitative estimate of drug-likeness (QED) is 0.635. The Morgan fingerprint density at radius 1 is 1.20 bits per heavy atom. The molecule has 9 nitrogen and oxygen atoms in total. The smallest absolute Gasteiger partial charge is 0.350 e. The molecule has 2 aromatic rings. The maximum atomic E-state index is 12.8. The monoisotopic (exact) mass is 417 g/mol. The number of rotatable bonds is 7. The summed E-state index contributed by atoms with van der Waals surface area (Å²) in [4.78, 5) is 27.7. The van der Waals surface area contributed by atoms with Crippen molar-refractivity contribution in [1.29, 1.82) is 0 Å². The summed E-state index contributed by atoms with van der Waals surface area (Å²) in [6.07, 6.45) is 2.58. The molecule has 0 spiro atoms. The number of fused-ring (bicyclic) bond motifs is 1. The number of nitrogens with zero attached hydrogens (tertiary/aromatic N) is 3. The molecule has 2 heterocycles. The minimum Gasteiger partial charge on any atom is -0.492 e. The Bertz CT molecular complexity index is 1060. The van der Waals surface area contributed by atoms with Crippen LogP contribution in [-0.2, 0) is 4.74 Å². The van der Waals surface area contributed by atoms with E-state index in [1.165, 1.54) is 0 Å². The number of nitrogens with two attached hydrogens (primary N) is 2. The fourth-order valence-corrected chi connectivity index (χ4v) is 4.74. The molecule has 1 aromatic heterocycles. The topological polar surface area (TPSA) is 118 Å². The summed E-state index contributed by atoms with van der Waals surface area (Å²) in [7, 11) is 3.26. The summed E-state index contributed by atoms with van der Waals surface area (Å²) in [6.45, 7) is 4.46. The summed E-state index contributed by atoms with van der Waals surface area (Å²) in [5, 5.41) is 0.394. The van der Waals surface area contributed by atoms with Crippen LogP contribution in [-0.4, -0.2) is 49.2 Å². The third-order valence-electron chi connectivity index (χ3n) is 6.55. The second-order valence-electron chi connectivity index (χ2n) is 8.56. The molecule has 0 amide bonds. The van der Waals surface area contributed by atoms with Crippen LogP contribution in [0.3, 0.4) is 0 Å². The van der Waals surface area contributed by atoms with Crippen molar-refractivity contribution in [1.82, 2.24) is 9.24 Å². The van der Waals surface area contributed by atoms with Gasteiger partial charge in [-0.1, -0.05) is 6.92 Å². The summed E-state index contributed by atoms with van der Waals surface area (Å²) >= 11 is 0. The molecule has 30 heavy (non-hydrogen) atoms. The molecule has 1 saturated carbocycles. The van der Waals surface area contributed by atoms with Crippen molar-refractivity contribution in [2.24, 2.45) is 17.6 Å². The van der Waals surface area contributed by atoms with E-state index < -0.39 is 11.2 Å². The number of nitrogen functional groups attached to an aromatic ring is 1. The fourth-order valence-electron chi connectivity index (χ4n) is 4.74. The first-order chi connectivity index (χ1) is 14.4. The van der Waals surface area contributed by atoms with Crippen molar-refractivity contribution in [3.8, 4) is 5.75 Å². The number of anilines is 1. The minimum absolute atomic E-state index is 0.0467. The second kappa shape index (κ2) is 7.96. The highest BCUT2D eigenvalue weighted by atomic mass is 16.5. The predicted octanol–water partition coefficient (Wildman–Crippen LogP) is 0.657. The number of benzene rings is 1. The average molecular weight is 418 g/mol. The van der Waals surface area contributed by atoms with Gasteiger partial charge in [0.05, 0.1) is 18.2 Å². The third kappa shape index (κ3) is 3.35. The van der Waals surface area contributed by atoms with E-state index in [0.29, 0.717) is 39.8 Å². The van der Waals surface area contributed by atoms with Gasteiger partial charge in [0, 0.05) is 38.9 Å². The molecule has 164 valence electrons. The van der Waals surface area contributed by atoms with Gasteiger partial charge >= 0.3 is 5.69 Å². The third-order valence-corrected chi connectivity index (χ3v) is 6.55. The van der Waals surface area contributed by atoms with E-state index >= 15 is 0 Å². The molecule has 4 rings (SSSR count). The Kier molecular flexibility index (Phi) is 5.50. The van der Waals surface area contributed by atoms with E-state index in [-0.39, 0.29) is 12.1 Å². The molecule has 1 saturated heterocycles. The van der Waals surface area contributed by atoms with Crippen molar-refractivity contribution in [3.05, 3.63) is 33.0 Å².